The van der Waals surface area contributed by atoms with Crippen molar-refractivity contribution in [2.45, 2.75) is 59.2 Å². The van der Waals surface area contributed by atoms with Crippen molar-refractivity contribution in [1.29, 1.82) is 0 Å². The predicted octanol–water partition coefficient (Wildman–Crippen LogP) is 1.76. The van der Waals surface area contributed by atoms with Crippen molar-refractivity contribution < 1.29 is 14.3 Å². The van der Waals surface area contributed by atoms with E-state index in [0.29, 0.717) is 37.3 Å². The first kappa shape index (κ1) is 24.8. The summed E-state index contributed by atoms with van der Waals surface area (Å²) in [5, 5.41) is 10.3. The number of carbonyl (C=O) groups excluding carboxylic acids is 1. The molecule has 2 heterocycles. The minimum absolute atomic E-state index is 0.0427. The third kappa shape index (κ3) is 7.65. The molecule has 0 saturated carbocycles. The molecule has 2 rings (SSSR count). The molecule has 1 saturated heterocycles. The number of oxazole rings is 1. The average molecular weight is 424 g/mol. The number of nitrogens with zero attached hydrogens (tertiary/aromatic N) is 5. The Labute approximate surface area is 181 Å². The molecule has 0 unspecified atom stereocenters. The molecular formula is C22H41N5O3. The van der Waals surface area contributed by atoms with Crippen LogP contribution in [0.25, 0.3) is 0 Å². The fraction of sp³-hybridized carbons (Fsp3) is 0.818. The van der Waals surface area contributed by atoms with Crippen LogP contribution in [0.15, 0.2) is 10.7 Å². The van der Waals surface area contributed by atoms with Gasteiger partial charge in [0.05, 0.1) is 12.6 Å². The van der Waals surface area contributed by atoms with Gasteiger partial charge < -0.3 is 19.3 Å². The SMILES string of the molecule is CCCN(CCC)C(=O)c1coc(CN2CCN(C[C@H](O)CN(C)C(C)C)CC2)n1. The summed E-state index contributed by atoms with van der Waals surface area (Å²) in [6.45, 7) is 15.5. The van der Waals surface area contributed by atoms with Gasteiger partial charge in [0.15, 0.2) is 5.69 Å². The Hall–Kier alpha value is -1.48. The van der Waals surface area contributed by atoms with Gasteiger partial charge in [-0.1, -0.05) is 13.8 Å². The Kier molecular flexibility index (Phi) is 10.2. The van der Waals surface area contributed by atoms with Crippen LogP contribution in [0.2, 0.25) is 0 Å². The van der Waals surface area contributed by atoms with E-state index in [2.05, 4.69) is 47.4 Å². The summed E-state index contributed by atoms with van der Waals surface area (Å²) in [6.07, 6.45) is 3.03. The quantitative estimate of drug-likeness (QED) is 0.549. The van der Waals surface area contributed by atoms with E-state index in [0.717, 1.165) is 52.1 Å². The van der Waals surface area contributed by atoms with Gasteiger partial charge >= 0.3 is 0 Å². The lowest BCUT2D eigenvalue weighted by atomic mass is 10.2. The van der Waals surface area contributed by atoms with Gasteiger partial charge in [0.25, 0.3) is 5.91 Å². The van der Waals surface area contributed by atoms with Crippen LogP contribution in [0.4, 0.5) is 0 Å². The molecule has 30 heavy (non-hydrogen) atoms. The molecule has 0 radical (unpaired) electrons. The van der Waals surface area contributed by atoms with Crippen molar-refractivity contribution in [3.8, 4) is 0 Å². The van der Waals surface area contributed by atoms with Gasteiger partial charge in [0.2, 0.25) is 5.89 Å². The summed E-state index contributed by atoms with van der Waals surface area (Å²) in [4.78, 5) is 25.7. The van der Waals surface area contributed by atoms with Crippen LogP contribution >= 0.6 is 0 Å². The maximum absolute atomic E-state index is 12.7. The second-order valence-corrected chi connectivity index (χ2v) is 8.68. The van der Waals surface area contributed by atoms with E-state index in [1.54, 1.807) is 0 Å². The minimum Gasteiger partial charge on any atom is -0.447 e. The van der Waals surface area contributed by atoms with E-state index >= 15 is 0 Å². The summed E-state index contributed by atoms with van der Waals surface area (Å²) in [7, 11) is 2.05. The first-order chi connectivity index (χ1) is 14.3. The predicted molar refractivity (Wildman–Crippen MR) is 118 cm³/mol. The number of carbonyl (C=O) groups is 1. The van der Waals surface area contributed by atoms with Crippen molar-refractivity contribution in [3.05, 3.63) is 17.8 Å². The average Bonchev–Trinajstić information content (AvgIpc) is 3.17. The van der Waals surface area contributed by atoms with Gasteiger partial charge in [-0.15, -0.1) is 0 Å². The van der Waals surface area contributed by atoms with Crippen LogP contribution < -0.4 is 0 Å². The molecule has 1 amide bonds. The Morgan fingerprint density at radius 3 is 2.33 bits per heavy atom. The highest BCUT2D eigenvalue weighted by atomic mass is 16.3. The van der Waals surface area contributed by atoms with E-state index in [9.17, 15) is 9.90 Å². The summed E-state index contributed by atoms with van der Waals surface area (Å²) < 4.78 is 5.59. The van der Waals surface area contributed by atoms with E-state index in [4.69, 9.17) is 4.42 Å². The Bertz CT molecular complexity index is 622. The standard InChI is InChI=1S/C22H41N5O3/c1-6-8-27(9-7-2)22(29)20-17-30-21(23-20)16-26-12-10-25(11-13-26)15-19(28)14-24(5)18(3)4/h17-19,28H,6-16H2,1-5H3/t19-/m1/s1. The number of hydrogen-bond acceptors (Lipinski definition) is 7. The first-order valence-electron chi connectivity index (χ1n) is 11.4. The Balaban J connectivity index is 1.78. The lowest BCUT2D eigenvalue weighted by Gasteiger charge is -2.35. The molecule has 1 N–H and O–H groups in total. The fourth-order valence-electron chi connectivity index (χ4n) is 3.72. The summed E-state index contributed by atoms with van der Waals surface area (Å²) in [5.41, 5.74) is 0.405. The zero-order valence-electron chi connectivity index (χ0n) is 19.5. The molecule has 8 nitrogen and oxygen atoms in total. The Morgan fingerprint density at radius 1 is 1.17 bits per heavy atom. The van der Waals surface area contributed by atoms with Gasteiger partial charge in [0, 0.05) is 58.4 Å². The van der Waals surface area contributed by atoms with Crippen molar-refractivity contribution in [2.75, 3.05) is 59.4 Å². The number of hydrogen-bond donors (Lipinski definition) is 1. The number of amides is 1. The fourth-order valence-corrected chi connectivity index (χ4v) is 3.72. The molecule has 1 aromatic heterocycles. The van der Waals surface area contributed by atoms with E-state index < -0.39 is 0 Å². The minimum atomic E-state index is -0.335. The zero-order chi connectivity index (χ0) is 22.1. The third-order valence-electron chi connectivity index (χ3n) is 5.72. The molecule has 0 aliphatic carbocycles. The van der Waals surface area contributed by atoms with Crippen LogP contribution in [-0.4, -0.2) is 107 Å². The molecule has 1 atom stereocenters. The number of piperazine rings is 1. The van der Waals surface area contributed by atoms with E-state index in [1.807, 2.05) is 11.9 Å². The first-order valence-corrected chi connectivity index (χ1v) is 11.4. The van der Waals surface area contributed by atoms with E-state index in [-0.39, 0.29) is 12.0 Å². The molecule has 8 heteroatoms. The molecule has 1 fully saturated rings. The molecule has 1 aliphatic heterocycles. The summed E-state index contributed by atoms with van der Waals surface area (Å²) in [6, 6.07) is 0.435. The molecule has 0 spiro atoms. The second-order valence-electron chi connectivity index (χ2n) is 8.68. The van der Waals surface area contributed by atoms with Crippen molar-refractivity contribution >= 4 is 5.91 Å². The van der Waals surface area contributed by atoms with Crippen molar-refractivity contribution in [3.63, 3.8) is 0 Å². The largest absolute Gasteiger partial charge is 0.447 e. The molecular weight excluding hydrogens is 382 g/mol. The Morgan fingerprint density at radius 2 is 1.77 bits per heavy atom. The molecule has 1 aliphatic rings. The number of β-amino-alcohol motifs (C(OH)–C–C–N with tert-alkyl or cyclic N) is 1. The summed E-state index contributed by atoms with van der Waals surface area (Å²) >= 11 is 0. The molecule has 0 aromatic carbocycles. The van der Waals surface area contributed by atoms with Gasteiger partial charge in [0.1, 0.15) is 6.26 Å². The maximum Gasteiger partial charge on any atom is 0.275 e. The monoisotopic (exact) mass is 423 g/mol. The highest BCUT2D eigenvalue weighted by Gasteiger charge is 2.23. The number of aliphatic hydroxyl groups is 1. The molecule has 0 bridgehead atoms. The molecule has 172 valence electrons. The maximum atomic E-state index is 12.7. The number of rotatable bonds is 12. The number of aromatic nitrogens is 1. The second kappa shape index (κ2) is 12.4. The van der Waals surface area contributed by atoms with Gasteiger partial charge in [-0.25, -0.2) is 4.98 Å². The highest BCUT2D eigenvalue weighted by Crippen LogP contribution is 2.12. The number of aliphatic hydroxyl groups excluding tert-OH is 1. The normalized spacial score (nSPS) is 17.1. The van der Waals surface area contributed by atoms with Crippen molar-refractivity contribution in [1.82, 2.24) is 24.6 Å². The third-order valence-corrected chi connectivity index (χ3v) is 5.72. The van der Waals surface area contributed by atoms with Crippen molar-refractivity contribution in [2.24, 2.45) is 0 Å². The zero-order valence-corrected chi connectivity index (χ0v) is 19.5. The lowest BCUT2D eigenvalue weighted by molar-refractivity contribution is 0.0469. The van der Waals surface area contributed by atoms with Gasteiger partial charge in [-0.3, -0.25) is 14.6 Å². The smallest absolute Gasteiger partial charge is 0.275 e. The number of likely N-dealkylation sites (N-methyl/N-ethyl adjacent to an activating group) is 1. The van der Waals surface area contributed by atoms with Crippen LogP contribution in [0, 0.1) is 0 Å². The van der Waals surface area contributed by atoms with E-state index in [1.165, 1.54) is 6.26 Å². The topological polar surface area (TPSA) is 76.3 Å². The summed E-state index contributed by atoms with van der Waals surface area (Å²) in [5.74, 6) is 0.553. The lowest BCUT2D eigenvalue weighted by Crippen LogP contribution is -2.49. The van der Waals surface area contributed by atoms with Crippen LogP contribution in [0.3, 0.4) is 0 Å². The van der Waals surface area contributed by atoms with Crippen LogP contribution in [0.1, 0.15) is 56.9 Å². The van der Waals surface area contributed by atoms with Crippen LogP contribution in [-0.2, 0) is 6.54 Å². The van der Waals surface area contributed by atoms with Gasteiger partial charge in [-0.2, -0.15) is 0 Å². The van der Waals surface area contributed by atoms with Gasteiger partial charge in [-0.05, 0) is 33.7 Å². The highest BCUT2D eigenvalue weighted by molar-refractivity contribution is 5.91. The van der Waals surface area contributed by atoms with Crippen LogP contribution in [0.5, 0.6) is 0 Å². The molecule has 1 aromatic rings.